The van der Waals surface area contributed by atoms with Gasteiger partial charge in [-0.25, -0.2) is 0 Å². The number of ether oxygens (including phenoxy) is 1. The van der Waals surface area contributed by atoms with E-state index in [9.17, 15) is 9.59 Å². The van der Waals surface area contributed by atoms with E-state index in [2.05, 4.69) is 5.32 Å². The summed E-state index contributed by atoms with van der Waals surface area (Å²) in [5.41, 5.74) is 1.59. The van der Waals surface area contributed by atoms with Crippen LogP contribution in [0.25, 0.3) is 0 Å². The third-order valence-corrected chi connectivity index (χ3v) is 6.91. The number of hydrogen-bond donors (Lipinski definition) is 1. The molecule has 5 heteroatoms. The molecule has 1 N–H and O–H groups in total. The highest BCUT2D eigenvalue weighted by atomic mass is 16.5. The van der Waals surface area contributed by atoms with E-state index in [1.807, 2.05) is 36.1 Å². The van der Waals surface area contributed by atoms with Crippen molar-refractivity contribution in [2.75, 3.05) is 19.6 Å². The zero-order chi connectivity index (χ0) is 17.9. The largest absolute Gasteiger partial charge is 0.369 e. The minimum Gasteiger partial charge on any atom is -0.369 e. The minimum absolute atomic E-state index is 0.0103. The lowest BCUT2D eigenvalue weighted by atomic mass is 9.73. The fourth-order valence-corrected chi connectivity index (χ4v) is 5.35. The zero-order valence-corrected chi connectivity index (χ0v) is 15.2. The van der Waals surface area contributed by atoms with Gasteiger partial charge in [0, 0.05) is 36.4 Å². The summed E-state index contributed by atoms with van der Waals surface area (Å²) in [6.07, 6.45) is 4.43. The molecule has 138 valence electrons. The van der Waals surface area contributed by atoms with Crippen molar-refractivity contribution in [1.82, 2.24) is 10.2 Å². The fraction of sp³-hybridized carbons (Fsp3) is 0.619. The number of carbonyl (C=O) groups excluding carboxylic acids is 2. The molecule has 3 saturated heterocycles. The molecule has 4 aliphatic rings. The molecule has 1 saturated carbocycles. The van der Waals surface area contributed by atoms with Crippen molar-refractivity contribution in [2.45, 2.75) is 44.3 Å². The molecule has 1 aromatic rings. The summed E-state index contributed by atoms with van der Waals surface area (Å²) >= 11 is 0. The summed E-state index contributed by atoms with van der Waals surface area (Å²) in [6.45, 7) is 4.15. The van der Waals surface area contributed by atoms with Crippen LogP contribution in [-0.2, 0) is 9.53 Å². The third kappa shape index (κ3) is 2.48. The molecule has 1 aromatic carbocycles. The maximum absolute atomic E-state index is 12.6. The molecule has 1 spiro atoms. The Hall–Kier alpha value is -1.88. The predicted octanol–water partition coefficient (Wildman–Crippen LogP) is 2.14. The van der Waals surface area contributed by atoms with Crippen LogP contribution in [0.1, 0.15) is 41.6 Å². The standard InChI is InChI=1S/C21H26N2O3/c1-13-4-2-3-5-15(13)19(24)22-10-16-17-11-23(20(25)14-6-7-14)12-21(17)9-8-18(16)26-21/h2-5,14,16-18H,6-12H2,1H3,(H,22,24)/t16-,17+,18+,21+/m0/s1. The molecule has 4 fully saturated rings. The lowest BCUT2D eigenvalue weighted by molar-refractivity contribution is -0.133. The number of nitrogens with one attached hydrogen (secondary N) is 1. The average molecular weight is 354 g/mol. The molecular formula is C21H26N2O3. The number of amides is 2. The number of nitrogens with zero attached hydrogens (tertiary/aromatic N) is 1. The second-order valence-electron chi connectivity index (χ2n) is 8.55. The van der Waals surface area contributed by atoms with Crippen LogP contribution >= 0.6 is 0 Å². The number of rotatable bonds is 4. The van der Waals surface area contributed by atoms with Crippen LogP contribution in [0.5, 0.6) is 0 Å². The molecule has 4 atom stereocenters. The van der Waals surface area contributed by atoms with Gasteiger partial charge in [0.1, 0.15) is 0 Å². The van der Waals surface area contributed by atoms with Gasteiger partial charge in [0.15, 0.2) is 0 Å². The first-order valence-electron chi connectivity index (χ1n) is 9.88. The van der Waals surface area contributed by atoms with Crippen molar-refractivity contribution >= 4 is 11.8 Å². The van der Waals surface area contributed by atoms with Crippen molar-refractivity contribution in [1.29, 1.82) is 0 Å². The second kappa shape index (κ2) is 5.81. The SMILES string of the molecule is Cc1ccccc1C(=O)NC[C@H]1[C@H]2CN(C(=O)C3CC3)C[C@]23CC[C@H]1O3. The summed E-state index contributed by atoms with van der Waals surface area (Å²) in [7, 11) is 0. The molecule has 2 amide bonds. The number of aryl methyl sites for hydroxylation is 1. The van der Waals surface area contributed by atoms with Gasteiger partial charge in [0.2, 0.25) is 5.91 Å². The molecule has 26 heavy (non-hydrogen) atoms. The smallest absolute Gasteiger partial charge is 0.251 e. The molecule has 1 aliphatic carbocycles. The van der Waals surface area contributed by atoms with Crippen LogP contribution in [0.15, 0.2) is 24.3 Å². The predicted molar refractivity (Wildman–Crippen MR) is 96.6 cm³/mol. The topological polar surface area (TPSA) is 58.6 Å². The minimum atomic E-state index is -0.146. The van der Waals surface area contributed by atoms with Gasteiger partial charge in [-0.15, -0.1) is 0 Å². The maximum Gasteiger partial charge on any atom is 0.251 e. The Balaban J connectivity index is 1.27. The average Bonchev–Trinajstić information content (AvgIpc) is 3.21. The van der Waals surface area contributed by atoms with Crippen molar-refractivity contribution in [3.63, 3.8) is 0 Å². The van der Waals surface area contributed by atoms with Crippen molar-refractivity contribution in [3.8, 4) is 0 Å². The number of fused-ring (bicyclic) bond motifs is 1. The molecular weight excluding hydrogens is 328 g/mol. The van der Waals surface area contributed by atoms with Gasteiger partial charge in [-0.2, -0.15) is 0 Å². The maximum atomic E-state index is 12.6. The van der Waals surface area contributed by atoms with Crippen LogP contribution in [0.2, 0.25) is 0 Å². The first-order valence-corrected chi connectivity index (χ1v) is 9.88. The molecule has 5 nitrogen and oxygen atoms in total. The van der Waals surface area contributed by atoms with Gasteiger partial charge in [-0.3, -0.25) is 9.59 Å². The monoisotopic (exact) mass is 354 g/mol. The van der Waals surface area contributed by atoms with E-state index < -0.39 is 0 Å². The summed E-state index contributed by atoms with van der Waals surface area (Å²) in [4.78, 5) is 27.1. The molecule has 5 rings (SSSR count). The summed E-state index contributed by atoms with van der Waals surface area (Å²) in [5, 5.41) is 3.13. The van der Waals surface area contributed by atoms with Crippen molar-refractivity contribution < 1.29 is 14.3 Å². The molecule has 3 aliphatic heterocycles. The molecule has 0 unspecified atom stereocenters. The van der Waals surface area contributed by atoms with Crippen LogP contribution in [0.3, 0.4) is 0 Å². The van der Waals surface area contributed by atoms with E-state index in [1.54, 1.807) is 0 Å². The van der Waals surface area contributed by atoms with Gasteiger partial charge < -0.3 is 15.0 Å². The van der Waals surface area contributed by atoms with E-state index in [0.29, 0.717) is 24.3 Å². The lowest BCUT2D eigenvalue weighted by Gasteiger charge is -2.29. The van der Waals surface area contributed by atoms with Crippen LogP contribution < -0.4 is 5.32 Å². The second-order valence-corrected chi connectivity index (χ2v) is 8.55. The van der Waals surface area contributed by atoms with Crippen molar-refractivity contribution in [2.24, 2.45) is 17.8 Å². The number of hydrogen-bond acceptors (Lipinski definition) is 3. The Kier molecular flexibility index (Phi) is 3.64. The van der Waals surface area contributed by atoms with Crippen molar-refractivity contribution in [3.05, 3.63) is 35.4 Å². The molecule has 0 aromatic heterocycles. The van der Waals surface area contributed by atoms with E-state index in [1.165, 1.54) is 0 Å². The highest BCUT2D eigenvalue weighted by Gasteiger charge is 2.63. The fourth-order valence-electron chi connectivity index (χ4n) is 5.35. The first kappa shape index (κ1) is 16.3. The summed E-state index contributed by atoms with van der Waals surface area (Å²) in [5.74, 6) is 1.25. The molecule has 0 radical (unpaired) electrons. The quantitative estimate of drug-likeness (QED) is 0.901. The third-order valence-electron chi connectivity index (χ3n) is 6.91. The first-order chi connectivity index (χ1) is 12.6. The van der Waals surface area contributed by atoms with Gasteiger partial charge in [0.05, 0.1) is 18.2 Å². The highest BCUT2D eigenvalue weighted by molar-refractivity contribution is 5.95. The Labute approximate surface area is 154 Å². The number of carbonyl (C=O) groups is 2. The van der Waals surface area contributed by atoms with Gasteiger partial charge in [-0.1, -0.05) is 18.2 Å². The Morgan fingerprint density at radius 1 is 1.27 bits per heavy atom. The normalized spacial score (nSPS) is 34.8. The van der Waals surface area contributed by atoms with Crippen LogP contribution in [-0.4, -0.2) is 48.1 Å². The Bertz CT molecular complexity index is 759. The van der Waals surface area contributed by atoms with Gasteiger partial charge >= 0.3 is 0 Å². The lowest BCUT2D eigenvalue weighted by Crippen LogP contribution is -2.42. The van der Waals surface area contributed by atoms with E-state index in [0.717, 1.165) is 49.9 Å². The van der Waals surface area contributed by atoms with Crippen LogP contribution in [0.4, 0.5) is 0 Å². The van der Waals surface area contributed by atoms with E-state index >= 15 is 0 Å². The summed E-state index contributed by atoms with van der Waals surface area (Å²) < 4.78 is 6.39. The molecule has 2 bridgehead atoms. The van der Waals surface area contributed by atoms with Crippen LogP contribution in [0, 0.1) is 24.7 Å². The van der Waals surface area contributed by atoms with Gasteiger partial charge in [-0.05, 0) is 44.2 Å². The summed E-state index contributed by atoms with van der Waals surface area (Å²) in [6, 6.07) is 7.68. The Morgan fingerprint density at radius 2 is 2.08 bits per heavy atom. The van der Waals surface area contributed by atoms with Gasteiger partial charge in [0.25, 0.3) is 5.91 Å². The Morgan fingerprint density at radius 3 is 2.85 bits per heavy atom. The molecule has 3 heterocycles. The zero-order valence-electron chi connectivity index (χ0n) is 15.2. The van der Waals surface area contributed by atoms with E-state index in [-0.39, 0.29) is 23.5 Å². The number of benzene rings is 1. The number of likely N-dealkylation sites (tertiary alicyclic amines) is 1. The van der Waals surface area contributed by atoms with E-state index in [4.69, 9.17) is 4.74 Å². The highest BCUT2D eigenvalue weighted by Crippen LogP contribution is 2.55.